The van der Waals surface area contributed by atoms with Gasteiger partial charge in [-0.15, -0.1) is 0 Å². The third-order valence-electron chi connectivity index (χ3n) is 6.51. The van der Waals surface area contributed by atoms with E-state index in [4.69, 9.17) is 10.2 Å². The monoisotopic (exact) mass is 441 g/mol. The number of nitrogens with one attached hydrogen (secondary N) is 1. The highest BCUT2D eigenvalue weighted by Crippen LogP contribution is 2.37. The number of hydrogen-bond acceptors (Lipinski definition) is 6. The van der Waals surface area contributed by atoms with Gasteiger partial charge >= 0.3 is 0 Å². The zero-order valence-corrected chi connectivity index (χ0v) is 18.2. The first-order valence-corrected chi connectivity index (χ1v) is 11.0. The van der Waals surface area contributed by atoms with Crippen molar-refractivity contribution in [3.63, 3.8) is 0 Å². The molecule has 6 rings (SSSR count). The van der Waals surface area contributed by atoms with Gasteiger partial charge in [0.1, 0.15) is 5.76 Å². The lowest BCUT2D eigenvalue weighted by Gasteiger charge is -2.31. The van der Waals surface area contributed by atoms with Gasteiger partial charge in [-0.25, -0.2) is 4.98 Å². The molecular formula is C24H23N7O2. The predicted octanol–water partition coefficient (Wildman–Crippen LogP) is 4.00. The Morgan fingerprint density at radius 1 is 1.15 bits per heavy atom. The van der Waals surface area contributed by atoms with Gasteiger partial charge in [0.15, 0.2) is 11.4 Å². The summed E-state index contributed by atoms with van der Waals surface area (Å²) in [6, 6.07) is 8.29. The number of amides is 1. The van der Waals surface area contributed by atoms with E-state index in [1.165, 1.54) is 0 Å². The highest BCUT2D eigenvalue weighted by Gasteiger charge is 2.23. The molecule has 1 fully saturated rings. The Morgan fingerprint density at radius 3 is 2.82 bits per heavy atom. The molecule has 0 spiro atoms. The van der Waals surface area contributed by atoms with E-state index in [0.29, 0.717) is 11.4 Å². The SMILES string of the molecule is CC(=O)N1CCC(n2cc(-c3cnc(N)c4oc(-c5ccc6[nH]ncc6c5)cc34)cn2)CC1. The first-order chi connectivity index (χ1) is 16.1. The summed E-state index contributed by atoms with van der Waals surface area (Å²) in [7, 11) is 0. The topological polar surface area (TPSA) is 119 Å². The molecule has 166 valence electrons. The molecule has 1 amide bonds. The van der Waals surface area contributed by atoms with Crippen molar-refractivity contribution in [2.75, 3.05) is 18.8 Å². The van der Waals surface area contributed by atoms with Crippen LogP contribution in [0.1, 0.15) is 25.8 Å². The van der Waals surface area contributed by atoms with Gasteiger partial charge in [-0.05, 0) is 37.1 Å². The minimum absolute atomic E-state index is 0.132. The molecular weight excluding hydrogens is 418 g/mol. The van der Waals surface area contributed by atoms with E-state index in [2.05, 4.69) is 20.3 Å². The molecule has 0 unspecified atom stereocenters. The largest absolute Gasteiger partial charge is 0.452 e. The van der Waals surface area contributed by atoms with Crippen molar-refractivity contribution in [1.29, 1.82) is 0 Å². The van der Waals surface area contributed by atoms with Gasteiger partial charge in [-0.2, -0.15) is 10.2 Å². The molecule has 1 saturated heterocycles. The quantitative estimate of drug-likeness (QED) is 0.437. The van der Waals surface area contributed by atoms with Crippen molar-refractivity contribution in [2.45, 2.75) is 25.8 Å². The molecule has 9 heteroatoms. The first kappa shape index (κ1) is 19.5. The normalized spacial score (nSPS) is 15.0. The number of H-pyrrole nitrogens is 1. The average molecular weight is 441 g/mol. The number of likely N-dealkylation sites (tertiary alicyclic amines) is 1. The first-order valence-electron chi connectivity index (χ1n) is 11.0. The number of carbonyl (C=O) groups is 1. The number of benzene rings is 1. The fourth-order valence-corrected chi connectivity index (χ4v) is 4.63. The molecule has 0 bridgehead atoms. The molecule has 33 heavy (non-hydrogen) atoms. The van der Waals surface area contributed by atoms with Crippen LogP contribution in [0.25, 0.3) is 44.3 Å². The van der Waals surface area contributed by atoms with E-state index < -0.39 is 0 Å². The number of nitrogens with zero attached hydrogens (tertiary/aromatic N) is 5. The molecule has 1 aromatic carbocycles. The second-order valence-electron chi connectivity index (χ2n) is 8.53. The Bertz CT molecular complexity index is 1490. The smallest absolute Gasteiger partial charge is 0.219 e. The zero-order chi connectivity index (χ0) is 22.5. The van der Waals surface area contributed by atoms with Crippen LogP contribution in [0.15, 0.2) is 53.5 Å². The predicted molar refractivity (Wildman–Crippen MR) is 125 cm³/mol. The summed E-state index contributed by atoms with van der Waals surface area (Å²) in [5, 5.41) is 13.6. The highest BCUT2D eigenvalue weighted by molar-refractivity contribution is 6.00. The summed E-state index contributed by atoms with van der Waals surface area (Å²) in [6.45, 7) is 3.14. The Labute approximate surface area is 189 Å². The number of aromatic amines is 1. The van der Waals surface area contributed by atoms with Crippen LogP contribution in [0.5, 0.6) is 0 Å². The average Bonchev–Trinajstić information content (AvgIpc) is 3.58. The molecule has 9 nitrogen and oxygen atoms in total. The number of piperidine rings is 1. The molecule has 0 aliphatic carbocycles. The van der Waals surface area contributed by atoms with Crippen LogP contribution < -0.4 is 5.73 Å². The second kappa shape index (κ2) is 7.47. The summed E-state index contributed by atoms with van der Waals surface area (Å²) in [6.07, 6.45) is 9.25. The molecule has 0 radical (unpaired) electrons. The summed E-state index contributed by atoms with van der Waals surface area (Å²) in [4.78, 5) is 17.9. The van der Waals surface area contributed by atoms with Crippen molar-refractivity contribution in [3.8, 4) is 22.5 Å². The maximum atomic E-state index is 11.6. The molecule has 0 atom stereocenters. The third kappa shape index (κ3) is 3.32. The van der Waals surface area contributed by atoms with Crippen LogP contribution in [-0.4, -0.2) is 48.9 Å². The number of anilines is 1. The molecule has 3 N–H and O–H groups in total. The number of nitrogen functional groups attached to an aromatic ring is 1. The maximum absolute atomic E-state index is 11.6. The van der Waals surface area contributed by atoms with Crippen LogP contribution in [0.4, 0.5) is 5.82 Å². The molecule has 0 saturated carbocycles. The van der Waals surface area contributed by atoms with Gasteiger partial charge in [-0.3, -0.25) is 14.6 Å². The minimum atomic E-state index is 0.132. The van der Waals surface area contributed by atoms with Crippen LogP contribution >= 0.6 is 0 Å². The lowest BCUT2D eigenvalue weighted by molar-refractivity contribution is -0.130. The van der Waals surface area contributed by atoms with E-state index in [1.807, 2.05) is 46.2 Å². The molecule has 4 aromatic heterocycles. The number of aromatic nitrogens is 5. The van der Waals surface area contributed by atoms with E-state index in [1.54, 1.807) is 19.3 Å². The van der Waals surface area contributed by atoms with Crippen LogP contribution in [0.2, 0.25) is 0 Å². The number of rotatable bonds is 3. The molecule has 1 aliphatic heterocycles. The molecule has 5 aromatic rings. The number of furan rings is 1. The second-order valence-corrected chi connectivity index (χ2v) is 8.53. The van der Waals surface area contributed by atoms with Gasteiger partial charge in [0.2, 0.25) is 5.91 Å². The summed E-state index contributed by atoms with van der Waals surface area (Å²) in [5.41, 5.74) is 10.5. The molecule has 1 aliphatic rings. The van der Waals surface area contributed by atoms with Crippen molar-refractivity contribution >= 4 is 33.6 Å². The lowest BCUT2D eigenvalue weighted by Crippen LogP contribution is -2.37. The lowest BCUT2D eigenvalue weighted by atomic mass is 10.0. The van der Waals surface area contributed by atoms with Gasteiger partial charge in [0, 0.05) is 59.9 Å². The van der Waals surface area contributed by atoms with Crippen LogP contribution in [-0.2, 0) is 4.79 Å². The van der Waals surface area contributed by atoms with E-state index >= 15 is 0 Å². The standard InChI is InChI=1S/C24H23N7O2/c1-14(32)30-6-4-18(5-7-30)31-13-17(11-28-31)20-12-26-24(25)23-19(20)9-22(33-23)15-2-3-21-16(8-15)10-27-29-21/h2-3,8-13,18H,4-7H2,1H3,(H2,25,26)(H,27,29). The number of nitrogens with two attached hydrogens (primary N) is 1. The Kier molecular flexibility index (Phi) is 4.42. The Hall–Kier alpha value is -4.14. The zero-order valence-electron chi connectivity index (χ0n) is 18.2. The number of pyridine rings is 1. The maximum Gasteiger partial charge on any atom is 0.219 e. The van der Waals surface area contributed by atoms with Gasteiger partial charge in [-0.1, -0.05) is 0 Å². The van der Waals surface area contributed by atoms with Gasteiger partial charge in [0.25, 0.3) is 0 Å². The Balaban J connectivity index is 1.35. The summed E-state index contributed by atoms with van der Waals surface area (Å²) >= 11 is 0. The minimum Gasteiger partial charge on any atom is -0.452 e. The van der Waals surface area contributed by atoms with E-state index in [0.717, 1.165) is 64.7 Å². The highest BCUT2D eigenvalue weighted by atomic mass is 16.3. The van der Waals surface area contributed by atoms with Crippen molar-refractivity contribution in [1.82, 2.24) is 29.9 Å². The van der Waals surface area contributed by atoms with Crippen molar-refractivity contribution in [3.05, 3.63) is 49.1 Å². The van der Waals surface area contributed by atoms with Crippen molar-refractivity contribution < 1.29 is 9.21 Å². The summed E-state index contributed by atoms with van der Waals surface area (Å²) in [5.74, 6) is 1.21. The summed E-state index contributed by atoms with van der Waals surface area (Å²) < 4.78 is 8.15. The van der Waals surface area contributed by atoms with E-state index in [-0.39, 0.29) is 11.9 Å². The van der Waals surface area contributed by atoms with Gasteiger partial charge in [0.05, 0.1) is 24.0 Å². The fourth-order valence-electron chi connectivity index (χ4n) is 4.63. The van der Waals surface area contributed by atoms with Crippen LogP contribution in [0, 0.1) is 0 Å². The Morgan fingerprint density at radius 2 is 2.00 bits per heavy atom. The number of hydrogen-bond donors (Lipinski definition) is 2. The van der Waals surface area contributed by atoms with Crippen molar-refractivity contribution in [2.24, 2.45) is 0 Å². The number of carbonyl (C=O) groups excluding carboxylic acids is 1. The third-order valence-corrected chi connectivity index (χ3v) is 6.51. The van der Waals surface area contributed by atoms with E-state index in [9.17, 15) is 4.79 Å². The van der Waals surface area contributed by atoms with Crippen LogP contribution in [0.3, 0.4) is 0 Å². The fraction of sp³-hybridized carbons (Fsp3) is 0.250. The van der Waals surface area contributed by atoms with Gasteiger partial charge < -0.3 is 15.1 Å². The molecule has 5 heterocycles. The number of fused-ring (bicyclic) bond motifs is 2.